The first-order valence-electron chi connectivity index (χ1n) is 14.0. The summed E-state index contributed by atoms with van der Waals surface area (Å²) < 4.78 is 6.13. The van der Waals surface area contributed by atoms with Crippen LogP contribution < -0.4 is 15.5 Å². The molecule has 0 saturated carbocycles. The van der Waals surface area contributed by atoms with Crippen LogP contribution in [0.15, 0.2) is 42.5 Å². The maximum atomic E-state index is 13.0. The predicted molar refractivity (Wildman–Crippen MR) is 147 cm³/mol. The molecule has 204 valence electrons. The van der Waals surface area contributed by atoms with E-state index >= 15 is 0 Å². The highest BCUT2D eigenvalue weighted by atomic mass is 16.5. The van der Waals surface area contributed by atoms with Gasteiger partial charge in [-0.25, -0.2) is 9.78 Å². The van der Waals surface area contributed by atoms with Crippen molar-refractivity contribution >= 4 is 23.4 Å². The largest absolute Gasteiger partial charge is 0.480 e. The molecule has 3 atom stereocenters. The van der Waals surface area contributed by atoms with Crippen molar-refractivity contribution < 1.29 is 19.4 Å². The van der Waals surface area contributed by atoms with Crippen LogP contribution in [0, 0.1) is 0 Å². The first-order valence-corrected chi connectivity index (χ1v) is 14.0. The molecular formula is C29H39N5O4. The fraction of sp³-hybridized carbons (Fsp3) is 0.552. The SMILES string of the molecule is O=C(O)C(CCN1CCC(OCCc2ccc3c(n2)NCCC3)C1)NC(=O)C1CCCN1c1ccccc1. The lowest BCUT2D eigenvalue weighted by molar-refractivity contribution is -0.142. The number of benzene rings is 1. The van der Waals surface area contributed by atoms with Gasteiger partial charge in [0.1, 0.15) is 17.9 Å². The van der Waals surface area contributed by atoms with E-state index in [-0.39, 0.29) is 18.1 Å². The van der Waals surface area contributed by atoms with Crippen molar-refractivity contribution in [1.82, 2.24) is 15.2 Å². The molecule has 3 aliphatic heterocycles. The van der Waals surface area contributed by atoms with Gasteiger partial charge in [0.25, 0.3) is 0 Å². The van der Waals surface area contributed by atoms with Crippen LogP contribution in [0.5, 0.6) is 0 Å². The number of rotatable bonds is 11. The number of nitrogens with one attached hydrogen (secondary N) is 2. The number of nitrogens with zero attached hydrogens (tertiary/aromatic N) is 3. The molecule has 3 aliphatic rings. The van der Waals surface area contributed by atoms with Gasteiger partial charge >= 0.3 is 5.97 Å². The zero-order chi connectivity index (χ0) is 26.3. The van der Waals surface area contributed by atoms with Crippen LogP contribution in [0.4, 0.5) is 11.5 Å². The Kier molecular flexibility index (Phi) is 8.75. The van der Waals surface area contributed by atoms with Crippen LogP contribution in [0.1, 0.15) is 43.4 Å². The second kappa shape index (κ2) is 12.6. The van der Waals surface area contributed by atoms with Gasteiger partial charge in [0.15, 0.2) is 0 Å². The van der Waals surface area contributed by atoms with E-state index in [1.165, 1.54) is 5.56 Å². The number of fused-ring (bicyclic) bond motifs is 1. The monoisotopic (exact) mass is 521 g/mol. The molecule has 0 spiro atoms. The quantitative estimate of drug-likeness (QED) is 0.415. The number of pyridine rings is 1. The minimum atomic E-state index is -0.985. The Morgan fingerprint density at radius 2 is 2.00 bits per heavy atom. The molecule has 2 aromatic rings. The Labute approximate surface area is 224 Å². The fourth-order valence-electron chi connectivity index (χ4n) is 5.78. The van der Waals surface area contributed by atoms with Gasteiger partial charge < -0.3 is 30.3 Å². The molecular weight excluding hydrogens is 482 g/mol. The summed E-state index contributed by atoms with van der Waals surface area (Å²) in [6.45, 7) is 4.67. The normalized spacial score (nSPS) is 22.1. The molecule has 38 heavy (non-hydrogen) atoms. The molecule has 3 N–H and O–H groups in total. The third-order valence-electron chi connectivity index (χ3n) is 7.88. The number of para-hydroxylation sites is 1. The molecule has 2 fully saturated rings. The zero-order valence-corrected chi connectivity index (χ0v) is 22.0. The van der Waals surface area contributed by atoms with Crippen molar-refractivity contribution in [2.24, 2.45) is 0 Å². The van der Waals surface area contributed by atoms with E-state index < -0.39 is 12.0 Å². The van der Waals surface area contributed by atoms with E-state index in [1.807, 2.05) is 30.3 Å². The summed E-state index contributed by atoms with van der Waals surface area (Å²) in [6.07, 6.45) is 6.11. The van der Waals surface area contributed by atoms with Gasteiger partial charge in [-0.05, 0) is 62.3 Å². The van der Waals surface area contributed by atoms with Gasteiger partial charge in [-0.3, -0.25) is 4.79 Å². The number of hydrogen-bond acceptors (Lipinski definition) is 7. The van der Waals surface area contributed by atoms with E-state index in [9.17, 15) is 14.7 Å². The van der Waals surface area contributed by atoms with E-state index in [0.717, 1.165) is 81.9 Å². The molecule has 1 aromatic carbocycles. The van der Waals surface area contributed by atoms with Gasteiger partial charge in [-0.2, -0.15) is 0 Å². The third kappa shape index (κ3) is 6.63. The number of carboxylic acid groups (broad SMARTS) is 1. The van der Waals surface area contributed by atoms with Gasteiger partial charge in [0.05, 0.1) is 12.7 Å². The Hall–Kier alpha value is -3.17. The van der Waals surface area contributed by atoms with E-state index in [2.05, 4.69) is 32.6 Å². The number of aliphatic carboxylic acids is 1. The number of carbonyl (C=O) groups is 2. The zero-order valence-electron chi connectivity index (χ0n) is 22.0. The van der Waals surface area contributed by atoms with Crippen LogP contribution >= 0.6 is 0 Å². The van der Waals surface area contributed by atoms with Crippen LogP contribution in [0.3, 0.4) is 0 Å². The number of amides is 1. The molecule has 3 unspecified atom stereocenters. The van der Waals surface area contributed by atoms with E-state index in [1.54, 1.807) is 0 Å². The number of ether oxygens (including phenoxy) is 1. The highest BCUT2D eigenvalue weighted by Crippen LogP contribution is 2.25. The predicted octanol–water partition coefficient (Wildman–Crippen LogP) is 2.70. The Morgan fingerprint density at radius 1 is 1.13 bits per heavy atom. The van der Waals surface area contributed by atoms with Crippen molar-refractivity contribution in [3.8, 4) is 0 Å². The molecule has 5 rings (SSSR count). The van der Waals surface area contributed by atoms with Crippen LogP contribution in [-0.4, -0.2) is 84.4 Å². The Morgan fingerprint density at radius 3 is 2.84 bits per heavy atom. The van der Waals surface area contributed by atoms with E-state index in [0.29, 0.717) is 19.6 Å². The first-order chi connectivity index (χ1) is 18.6. The Bertz CT molecular complexity index is 1100. The second-order valence-corrected chi connectivity index (χ2v) is 10.5. The van der Waals surface area contributed by atoms with Crippen LogP contribution in [0.2, 0.25) is 0 Å². The molecule has 9 heteroatoms. The summed E-state index contributed by atoms with van der Waals surface area (Å²) in [6, 6.07) is 12.9. The highest BCUT2D eigenvalue weighted by Gasteiger charge is 2.33. The lowest BCUT2D eigenvalue weighted by atomic mass is 10.1. The van der Waals surface area contributed by atoms with E-state index in [4.69, 9.17) is 9.72 Å². The number of anilines is 2. The maximum Gasteiger partial charge on any atom is 0.326 e. The first kappa shape index (κ1) is 26.4. The van der Waals surface area contributed by atoms with Crippen molar-refractivity contribution in [2.75, 3.05) is 49.5 Å². The van der Waals surface area contributed by atoms with Gasteiger partial charge in [0.2, 0.25) is 5.91 Å². The summed E-state index contributed by atoms with van der Waals surface area (Å²) in [5.74, 6) is -0.171. The lowest BCUT2D eigenvalue weighted by Gasteiger charge is -2.27. The highest BCUT2D eigenvalue weighted by molar-refractivity contribution is 5.89. The molecule has 4 heterocycles. The number of aromatic nitrogens is 1. The van der Waals surface area contributed by atoms with Crippen LogP contribution in [0.25, 0.3) is 0 Å². The summed E-state index contributed by atoms with van der Waals surface area (Å²) in [7, 11) is 0. The minimum absolute atomic E-state index is 0.140. The summed E-state index contributed by atoms with van der Waals surface area (Å²) >= 11 is 0. The van der Waals surface area contributed by atoms with Gasteiger partial charge in [0, 0.05) is 50.5 Å². The average Bonchev–Trinajstić information content (AvgIpc) is 3.61. The van der Waals surface area contributed by atoms with Crippen molar-refractivity contribution in [3.63, 3.8) is 0 Å². The summed E-state index contributed by atoms with van der Waals surface area (Å²) in [5, 5.41) is 16.0. The van der Waals surface area contributed by atoms with Crippen molar-refractivity contribution in [1.29, 1.82) is 0 Å². The van der Waals surface area contributed by atoms with Crippen LogP contribution in [-0.2, 0) is 27.2 Å². The second-order valence-electron chi connectivity index (χ2n) is 10.5. The molecule has 2 saturated heterocycles. The smallest absolute Gasteiger partial charge is 0.326 e. The summed E-state index contributed by atoms with van der Waals surface area (Å²) in [5.41, 5.74) is 3.33. The fourth-order valence-corrected chi connectivity index (χ4v) is 5.78. The molecule has 1 amide bonds. The summed E-state index contributed by atoms with van der Waals surface area (Å²) in [4.78, 5) is 34.1. The number of aryl methyl sites for hydroxylation is 1. The number of likely N-dealkylation sites (tertiary alicyclic amines) is 1. The molecule has 0 radical (unpaired) electrons. The molecule has 1 aromatic heterocycles. The molecule has 9 nitrogen and oxygen atoms in total. The van der Waals surface area contributed by atoms with Crippen molar-refractivity contribution in [2.45, 2.75) is 63.1 Å². The topological polar surface area (TPSA) is 107 Å². The average molecular weight is 522 g/mol. The standard InChI is InChI=1S/C29H39N5O4/c35-28(26-9-5-16-34(26)23-7-2-1-3-8-23)32-25(29(36)37)13-18-33-17-12-24(20-33)38-19-14-22-11-10-21-6-4-15-30-27(21)31-22/h1-3,7-8,10-11,24-26H,4-6,9,12-20H2,(H,30,31)(H,32,35)(H,36,37). The number of carbonyl (C=O) groups excluding carboxylic acids is 1. The lowest BCUT2D eigenvalue weighted by Crippen LogP contribution is -2.50. The van der Waals surface area contributed by atoms with Gasteiger partial charge in [-0.15, -0.1) is 0 Å². The number of carboxylic acids is 1. The molecule has 0 bridgehead atoms. The van der Waals surface area contributed by atoms with Crippen molar-refractivity contribution in [3.05, 3.63) is 53.7 Å². The third-order valence-corrected chi connectivity index (χ3v) is 7.88. The van der Waals surface area contributed by atoms with Gasteiger partial charge in [-0.1, -0.05) is 24.3 Å². The molecule has 0 aliphatic carbocycles. The Balaban J connectivity index is 1.05. The number of hydrogen-bond donors (Lipinski definition) is 3. The minimum Gasteiger partial charge on any atom is -0.480 e. The maximum absolute atomic E-state index is 13.0.